The first kappa shape index (κ1) is 23.9. The van der Waals surface area contributed by atoms with Crippen LogP contribution in [-0.2, 0) is 0 Å². The number of aromatic hydroxyl groups is 2. The molecule has 0 saturated heterocycles. The van der Waals surface area contributed by atoms with Gasteiger partial charge >= 0.3 is 0 Å². The fraction of sp³-hybridized carbons (Fsp3) is 0.133. The smallest absolute Gasteiger partial charge is 0.272 e. The van der Waals surface area contributed by atoms with Crippen molar-refractivity contribution < 1.29 is 19.8 Å². The van der Waals surface area contributed by atoms with Crippen LogP contribution in [0.1, 0.15) is 37.9 Å². The van der Waals surface area contributed by atoms with Crippen LogP contribution in [0, 0.1) is 6.92 Å². The highest BCUT2D eigenvalue weighted by Gasteiger charge is 2.35. The summed E-state index contributed by atoms with van der Waals surface area (Å²) in [5, 5.41) is 25.4. The summed E-state index contributed by atoms with van der Waals surface area (Å²) < 4.78 is 0. The number of aromatic nitrogens is 1. The molecule has 0 saturated carbocycles. The lowest BCUT2D eigenvalue weighted by atomic mass is 9.92. The molecule has 4 aromatic carbocycles. The number of hydrogen-bond acceptors (Lipinski definition) is 4. The second-order valence-electron chi connectivity index (χ2n) is 9.58. The van der Waals surface area contributed by atoms with Crippen molar-refractivity contribution in [1.29, 1.82) is 0 Å². The number of anilines is 2. The monoisotopic (exact) mass is 525 g/mol. The van der Waals surface area contributed by atoms with Gasteiger partial charge in [0.15, 0.2) is 0 Å². The Morgan fingerprint density at radius 3 is 2.61 bits per heavy atom. The molecule has 0 unspecified atom stereocenters. The molecule has 2 heterocycles. The van der Waals surface area contributed by atoms with E-state index in [1.807, 2.05) is 25.1 Å². The number of aryl methyl sites for hydroxylation is 1. The summed E-state index contributed by atoms with van der Waals surface area (Å²) in [6.45, 7) is 2.41. The minimum atomic E-state index is -0.337. The van der Waals surface area contributed by atoms with Crippen molar-refractivity contribution in [2.75, 3.05) is 22.6 Å². The van der Waals surface area contributed by atoms with E-state index in [1.54, 1.807) is 47.4 Å². The predicted octanol–water partition coefficient (Wildman–Crippen LogP) is 6.28. The highest BCUT2D eigenvalue weighted by Crippen LogP contribution is 2.46. The number of carbonyl (C=O) groups excluding carboxylic acids is 2. The number of H-pyrrole nitrogens is 1. The van der Waals surface area contributed by atoms with E-state index in [0.717, 1.165) is 32.8 Å². The van der Waals surface area contributed by atoms with Gasteiger partial charge in [-0.2, -0.15) is 0 Å². The molecule has 1 aliphatic rings. The van der Waals surface area contributed by atoms with Crippen LogP contribution in [0.3, 0.4) is 0 Å². The van der Waals surface area contributed by atoms with Gasteiger partial charge in [0.1, 0.15) is 17.2 Å². The number of nitrogens with one attached hydrogen (secondary N) is 2. The Morgan fingerprint density at radius 1 is 1.05 bits per heavy atom. The first-order valence-corrected chi connectivity index (χ1v) is 12.7. The fourth-order valence-electron chi connectivity index (χ4n) is 5.30. The Morgan fingerprint density at radius 2 is 1.84 bits per heavy atom. The maximum atomic E-state index is 13.7. The maximum absolute atomic E-state index is 13.7. The zero-order valence-electron chi connectivity index (χ0n) is 20.5. The van der Waals surface area contributed by atoms with Gasteiger partial charge in [0, 0.05) is 51.9 Å². The van der Waals surface area contributed by atoms with Crippen molar-refractivity contribution in [3.8, 4) is 11.5 Å². The molecule has 1 atom stereocenters. The minimum absolute atomic E-state index is 0.0639. The van der Waals surface area contributed by atoms with Crippen LogP contribution in [0.5, 0.6) is 11.5 Å². The van der Waals surface area contributed by atoms with Gasteiger partial charge in [-0.25, -0.2) is 0 Å². The molecule has 6 rings (SSSR count). The number of halogens is 1. The third-order valence-electron chi connectivity index (χ3n) is 7.14. The van der Waals surface area contributed by atoms with Crippen LogP contribution < -0.4 is 10.2 Å². The van der Waals surface area contributed by atoms with Gasteiger partial charge in [0.2, 0.25) is 0 Å². The Hall–Kier alpha value is -4.49. The molecule has 8 heteroatoms. The Bertz CT molecular complexity index is 1740. The quantitative estimate of drug-likeness (QED) is 0.164. The highest BCUT2D eigenvalue weighted by atomic mass is 35.5. The number of rotatable bonds is 4. The number of phenols is 2. The van der Waals surface area contributed by atoms with Gasteiger partial charge < -0.3 is 25.4 Å². The van der Waals surface area contributed by atoms with Gasteiger partial charge in [0.25, 0.3) is 11.8 Å². The van der Waals surface area contributed by atoms with Gasteiger partial charge in [-0.15, -0.1) is 11.6 Å². The number of alkyl halides is 1. The average molecular weight is 526 g/mol. The SMILES string of the molecule is Cc1cccc2c(O)cc3c(c12)[C@H](CCl)CN3C(=O)c1ccc2[nH]c(C(=O)Nc3ccc(O)cc3)cc2c1. The number of hydrogen-bond donors (Lipinski definition) is 4. The summed E-state index contributed by atoms with van der Waals surface area (Å²) in [6.07, 6.45) is 0. The average Bonchev–Trinajstić information content (AvgIpc) is 3.51. The highest BCUT2D eigenvalue weighted by molar-refractivity contribution is 6.19. The molecule has 1 aliphatic heterocycles. The molecule has 190 valence electrons. The Kier molecular flexibility index (Phi) is 5.73. The van der Waals surface area contributed by atoms with Crippen LogP contribution in [0.25, 0.3) is 21.7 Å². The maximum Gasteiger partial charge on any atom is 0.272 e. The molecule has 0 radical (unpaired) electrons. The second kappa shape index (κ2) is 9.11. The standard InChI is InChI=1S/C30H24ClN3O4/c1-16-3-2-4-22-26(36)13-25-28(27(16)22)19(14-31)15-34(25)30(38)17-5-10-23-18(11-17)12-24(33-23)29(37)32-20-6-8-21(35)9-7-20/h2-13,19,33,35-36H,14-15H2,1H3,(H,32,37)/t19-/m1/s1. The molecule has 0 bridgehead atoms. The largest absolute Gasteiger partial charge is 0.508 e. The van der Waals surface area contributed by atoms with Crippen LogP contribution in [0.4, 0.5) is 11.4 Å². The van der Waals surface area contributed by atoms with Crippen LogP contribution in [0.15, 0.2) is 72.8 Å². The van der Waals surface area contributed by atoms with Crippen LogP contribution in [0.2, 0.25) is 0 Å². The van der Waals surface area contributed by atoms with Crippen LogP contribution in [-0.4, -0.2) is 39.4 Å². The molecule has 38 heavy (non-hydrogen) atoms. The van der Waals surface area contributed by atoms with E-state index in [0.29, 0.717) is 35.1 Å². The topological polar surface area (TPSA) is 106 Å². The lowest BCUT2D eigenvalue weighted by Gasteiger charge is -2.19. The lowest BCUT2D eigenvalue weighted by molar-refractivity contribution is 0.0986. The van der Waals surface area contributed by atoms with E-state index >= 15 is 0 Å². The first-order chi connectivity index (χ1) is 18.3. The zero-order chi connectivity index (χ0) is 26.6. The molecule has 2 amide bonds. The number of benzene rings is 4. The zero-order valence-corrected chi connectivity index (χ0v) is 21.2. The van der Waals surface area contributed by atoms with E-state index in [4.69, 9.17) is 11.6 Å². The van der Waals surface area contributed by atoms with Gasteiger partial charge in [-0.05, 0) is 72.0 Å². The molecule has 0 aliphatic carbocycles. The number of fused-ring (bicyclic) bond motifs is 4. The van der Waals surface area contributed by atoms with Crippen molar-refractivity contribution >= 4 is 56.5 Å². The number of carbonyl (C=O) groups is 2. The first-order valence-electron chi connectivity index (χ1n) is 12.2. The number of phenolic OH excluding ortho intramolecular Hbond substituents is 2. The van der Waals surface area contributed by atoms with Crippen molar-refractivity contribution in [3.05, 3.63) is 95.2 Å². The summed E-state index contributed by atoms with van der Waals surface area (Å²) in [5.74, 6) is -0.0177. The van der Waals surface area contributed by atoms with Gasteiger partial charge in [-0.3, -0.25) is 9.59 Å². The summed E-state index contributed by atoms with van der Waals surface area (Å²) in [7, 11) is 0. The molecule has 1 aromatic heterocycles. The van der Waals surface area contributed by atoms with E-state index in [2.05, 4.69) is 10.3 Å². The molecular weight excluding hydrogens is 502 g/mol. The fourth-order valence-corrected chi connectivity index (χ4v) is 5.56. The third kappa shape index (κ3) is 3.92. The third-order valence-corrected chi connectivity index (χ3v) is 7.51. The van der Waals surface area contributed by atoms with E-state index in [9.17, 15) is 19.8 Å². The summed E-state index contributed by atoms with van der Waals surface area (Å²) in [5.41, 5.74) is 4.75. The number of amides is 2. The van der Waals surface area contributed by atoms with Crippen LogP contribution >= 0.6 is 11.6 Å². The molecular formula is C30H24ClN3O4. The second-order valence-corrected chi connectivity index (χ2v) is 9.89. The van der Waals surface area contributed by atoms with Crippen molar-refractivity contribution in [2.45, 2.75) is 12.8 Å². The molecule has 4 N–H and O–H groups in total. The molecule has 0 fully saturated rings. The van der Waals surface area contributed by atoms with E-state index in [1.165, 1.54) is 12.1 Å². The van der Waals surface area contributed by atoms with Crippen molar-refractivity contribution in [1.82, 2.24) is 4.98 Å². The predicted molar refractivity (Wildman–Crippen MR) is 150 cm³/mol. The molecule has 5 aromatic rings. The molecule has 0 spiro atoms. The number of aromatic amines is 1. The lowest BCUT2D eigenvalue weighted by Crippen LogP contribution is -2.30. The minimum Gasteiger partial charge on any atom is -0.508 e. The van der Waals surface area contributed by atoms with Gasteiger partial charge in [-0.1, -0.05) is 18.2 Å². The number of nitrogens with zero attached hydrogens (tertiary/aromatic N) is 1. The molecule has 7 nitrogen and oxygen atoms in total. The van der Waals surface area contributed by atoms with Crippen molar-refractivity contribution in [3.63, 3.8) is 0 Å². The summed E-state index contributed by atoms with van der Waals surface area (Å²) in [6, 6.07) is 20.6. The Labute approximate surface area is 223 Å². The van der Waals surface area contributed by atoms with Crippen molar-refractivity contribution in [2.24, 2.45) is 0 Å². The summed E-state index contributed by atoms with van der Waals surface area (Å²) in [4.78, 5) is 31.3. The van der Waals surface area contributed by atoms with Gasteiger partial charge in [0.05, 0.1) is 5.69 Å². The van der Waals surface area contributed by atoms with E-state index < -0.39 is 0 Å². The normalized spacial score (nSPS) is 14.7. The van der Waals surface area contributed by atoms with E-state index in [-0.39, 0.29) is 29.2 Å². The Balaban J connectivity index is 1.33. The summed E-state index contributed by atoms with van der Waals surface area (Å²) >= 11 is 6.37.